The van der Waals surface area contributed by atoms with Gasteiger partial charge in [-0.2, -0.15) is 0 Å². The number of imidazole rings is 1. The third kappa shape index (κ3) is 11.9. The minimum atomic E-state index is 1.22. The minimum Gasteiger partial charge on any atom is -0.234 e. The predicted octanol–water partition coefficient (Wildman–Crippen LogP) is 8.01. The van der Waals surface area contributed by atoms with Crippen LogP contribution in [0, 0.1) is 0 Å². The normalized spacial score (nSPS) is 11.4. The molecular weight excluding hydrogens is 340 g/mol. The van der Waals surface area contributed by atoms with E-state index in [4.69, 9.17) is 0 Å². The molecule has 0 bridgehead atoms. The van der Waals surface area contributed by atoms with Gasteiger partial charge in [-0.15, -0.1) is 0 Å². The number of aryl methyl sites for hydroxylation is 2. The smallest absolute Gasteiger partial charge is 0.234 e. The van der Waals surface area contributed by atoms with E-state index in [9.17, 15) is 0 Å². The first-order valence-corrected chi connectivity index (χ1v) is 12.9. The van der Waals surface area contributed by atoms with Crippen molar-refractivity contribution in [2.45, 2.75) is 149 Å². The minimum absolute atomic E-state index is 1.22. The molecule has 0 N–H and O–H groups in total. The summed E-state index contributed by atoms with van der Waals surface area (Å²) in [4.78, 5) is 0. The summed E-state index contributed by atoms with van der Waals surface area (Å²) >= 11 is 0. The van der Waals surface area contributed by atoms with Crippen LogP contribution in [-0.2, 0) is 19.5 Å². The summed E-state index contributed by atoms with van der Waals surface area (Å²) in [5.41, 5.74) is 0. The molecule has 1 aromatic heterocycles. The van der Waals surface area contributed by atoms with Gasteiger partial charge in [-0.3, -0.25) is 0 Å². The van der Waals surface area contributed by atoms with E-state index in [1.54, 1.807) is 5.82 Å². The number of nitrogens with zero attached hydrogens (tertiary/aromatic N) is 2. The quantitative estimate of drug-likeness (QED) is 0.157. The summed E-state index contributed by atoms with van der Waals surface area (Å²) in [7, 11) is 0. The number of aromatic nitrogens is 2. The van der Waals surface area contributed by atoms with Crippen molar-refractivity contribution in [3.05, 3.63) is 18.2 Å². The van der Waals surface area contributed by atoms with Gasteiger partial charge in [-0.1, -0.05) is 97.8 Å². The topological polar surface area (TPSA) is 8.81 Å². The number of hydrogen-bond donors (Lipinski definition) is 0. The maximum Gasteiger partial charge on any atom is 0.256 e. The van der Waals surface area contributed by atoms with Crippen LogP contribution in [0.5, 0.6) is 0 Å². The van der Waals surface area contributed by atoms with E-state index in [0.29, 0.717) is 0 Å². The predicted molar refractivity (Wildman–Crippen MR) is 124 cm³/mol. The van der Waals surface area contributed by atoms with E-state index in [0.717, 1.165) is 0 Å². The van der Waals surface area contributed by atoms with E-state index in [1.165, 1.54) is 129 Å². The van der Waals surface area contributed by atoms with Crippen LogP contribution in [0.15, 0.2) is 12.4 Å². The fourth-order valence-corrected chi connectivity index (χ4v) is 4.20. The molecule has 0 unspecified atom stereocenters. The second kappa shape index (κ2) is 18.3. The lowest BCUT2D eigenvalue weighted by Gasteiger charge is -2.06. The number of unbranched alkanes of at least 4 members (excludes halogenated alkanes) is 14. The lowest BCUT2D eigenvalue weighted by molar-refractivity contribution is -0.704. The monoisotopic (exact) mass is 391 g/mol. The summed E-state index contributed by atoms with van der Waals surface area (Å²) < 4.78 is 5.14. The van der Waals surface area contributed by atoms with Crippen molar-refractivity contribution < 1.29 is 4.57 Å². The molecule has 0 saturated carbocycles. The number of rotatable bonds is 20. The lowest BCUT2D eigenvalue weighted by Crippen LogP contribution is -2.37. The van der Waals surface area contributed by atoms with Gasteiger partial charge in [0.05, 0.1) is 13.1 Å². The Bertz CT molecular complexity index is 449. The zero-order chi connectivity index (χ0) is 20.3. The molecule has 0 aliphatic rings. The van der Waals surface area contributed by atoms with Crippen LogP contribution in [0.1, 0.15) is 136 Å². The molecule has 2 heteroatoms. The SMILES string of the molecule is CCCCCCCCCC[n+]1ccn(CCCCCCCC)c1CCCCC. The van der Waals surface area contributed by atoms with Gasteiger partial charge in [-0.05, 0) is 32.1 Å². The fourth-order valence-electron chi connectivity index (χ4n) is 4.20. The Morgan fingerprint density at radius 2 is 1.11 bits per heavy atom. The van der Waals surface area contributed by atoms with Crippen LogP contribution in [0.3, 0.4) is 0 Å². The highest BCUT2D eigenvalue weighted by Gasteiger charge is 2.16. The Labute approximate surface area is 177 Å². The van der Waals surface area contributed by atoms with Crippen LogP contribution in [0.25, 0.3) is 0 Å². The van der Waals surface area contributed by atoms with Crippen LogP contribution in [0.4, 0.5) is 0 Å². The van der Waals surface area contributed by atoms with Crippen LogP contribution >= 0.6 is 0 Å². The molecule has 0 saturated heterocycles. The largest absolute Gasteiger partial charge is 0.256 e. The number of hydrogen-bond acceptors (Lipinski definition) is 0. The van der Waals surface area contributed by atoms with Gasteiger partial charge in [0.2, 0.25) is 0 Å². The maximum absolute atomic E-state index is 2.57. The summed E-state index contributed by atoms with van der Waals surface area (Å²) in [5, 5.41) is 0. The molecule has 28 heavy (non-hydrogen) atoms. The van der Waals surface area contributed by atoms with Gasteiger partial charge in [0.15, 0.2) is 0 Å². The molecule has 164 valence electrons. The first kappa shape index (κ1) is 25.2. The standard InChI is InChI=1S/C26H51N2/c1-4-7-10-12-14-15-17-20-23-28-25-24-27(26(28)21-18-9-6-3)22-19-16-13-11-8-5-2/h24-25H,4-23H2,1-3H3/q+1. The highest BCUT2D eigenvalue weighted by atomic mass is 15.1. The summed E-state index contributed by atoms with van der Waals surface area (Å²) in [6.07, 6.45) is 29.6. The van der Waals surface area contributed by atoms with Crippen molar-refractivity contribution in [1.82, 2.24) is 4.57 Å². The fraction of sp³-hybridized carbons (Fsp3) is 0.885. The third-order valence-electron chi connectivity index (χ3n) is 6.10. The molecule has 0 atom stereocenters. The molecule has 2 nitrogen and oxygen atoms in total. The van der Waals surface area contributed by atoms with Gasteiger partial charge in [0.25, 0.3) is 5.82 Å². The molecular formula is C26H51N2+. The molecule has 0 aromatic carbocycles. The highest BCUT2D eigenvalue weighted by molar-refractivity contribution is 4.84. The van der Waals surface area contributed by atoms with Gasteiger partial charge >= 0.3 is 0 Å². The van der Waals surface area contributed by atoms with Crippen LogP contribution in [-0.4, -0.2) is 4.57 Å². The van der Waals surface area contributed by atoms with Gasteiger partial charge in [0.1, 0.15) is 12.4 Å². The average Bonchev–Trinajstić information content (AvgIpc) is 3.08. The summed E-state index contributed by atoms with van der Waals surface area (Å²) in [5.74, 6) is 1.59. The molecule has 0 spiro atoms. The van der Waals surface area contributed by atoms with Crippen molar-refractivity contribution in [3.8, 4) is 0 Å². The summed E-state index contributed by atoms with van der Waals surface area (Å²) in [6, 6.07) is 0. The Hall–Kier alpha value is -0.790. The van der Waals surface area contributed by atoms with E-state index in [1.807, 2.05) is 0 Å². The van der Waals surface area contributed by atoms with E-state index in [-0.39, 0.29) is 0 Å². The van der Waals surface area contributed by atoms with E-state index >= 15 is 0 Å². The van der Waals surface area contributed by atoms with Crippen molar-refractivity contribution in [3.63, 3.8) is 0 Å². The molecule has 0 radical (unpaired) electrons. The van der Waals surface area contributed by atoms with Crippen molar-refractivity contribution in [1.29, 1.82) is 0 Å². The van der Waals surface area contributed by atoms with Crippen LogP contribution in [0.2, 0.25) is 0 Å². The summed E-state index contributed by atoms with van der Waals surface area (Å²) in [6.45, 7) is 9.35. The van der Waals surface area contributed by atoms with Crippen molar-refractivity contribution in [2.24, 2.45) is 0 Å². The van der Waals surface area contributed by atoms with Gasteiger partial charge in [-0.25, -0.2) is 9.13 Å². The molecule has 0 aliphatic carbocycles. The Kier molecular flexibility index (Phi) is 16.5. The zero-order valence-corrected chi connectivity index (χ0v) is 19.7. The molecule has 0 amide bonds. The Balaban J connectivity index is 2.36. The van der Waals surface area contributed by atoms with E-state index < -0.39 is 0 Å². The highest BCUT2D eigenvalue weighted by Crippen LogP contribution is 2.11. The third-order valence-corrected chi connectivity index (χ3v) is 6.10. The second-order valence-corrected chi connectivity index (χ2v) is 8.80. The molecule has 1 heterocycles. The van der Waals surface area contributed by atoms with Gasteiger partial charge < -0.3 is 0 Å². The second-order valence-electron chi connectivity index (χ2n) is 8.80. The molecule has 0 aliphatic heterocycles. The zero-order valence-electron chi connectivity index (χ0n) is 19.7. The Morgan fingerprint density at radius 1 is 0.607 bits per heavy atom. The molecule has 1 aromatic rings. The van der Waals surface area contributed by atoms with Gasteiger partial charge in [0, 0.05) is 6.42 Å². The Morgan fingerprint density at radius 3 is 1.71 bits per heavy atom. The maximum atomic E-state index is 2.57. The molecule has 0 fully saturated rings. The van der Waals surface area contributed by atoms with Crippen LogP contribution < -0.4 is 4.57 Å². The lowest BCUT2D eigenvalue weighted by atomic mass is 10.1. The van der Waals surface area contributed by atoms with Crippen molar-refractivity contribution >= 4 is 0 Å². The average molecular weight is 392 g/mol. The first-order chi connectivity index (χ1) is 13.8. The molecule has 1 rings (SSSR count). The van der Waals surface area contributed by atoms with Crippen molar-refractivity contribution in [2.75, 3.05) is 0 Å². The van der Waals surface area contributed by atoms with E-state index in [2.05, 4.69) is 42.3 Å². The first-order valence-electron chi connectivity index (χ1n) is 12.9.